The number of nitrogens with zero attached hydrogens (tertiary/aromatic N) is 2. The second kappa shape index (κ2) is 8.92. The minimum absolute atomic E-state index is 0.627. The smallest absolute Gasteiger partial charge is 0.132 e. The lowest BCUT2D eigenvalue weighted by atomic mass is 10.1. The van der Waals surface area contributed by atoms with Gasteiger partial charge in [0.2, 0.25) is 0 Å². The quantitative estimate of drug-likeness (QED) is 0.521. The number of hydrogen-bond acceptors (Lipinski definition) is 2. The number of aromatic nitrogens is 2. The van der Waals surface area contributed by atoms with Crippen molar-refractivity contribution in [1.29, 1.82) is 0 Å². The molecule has 0 fully saturated rings. The molecule has 3 nitrogen and oxygen atoms in total. The molecule has 26 heavy (non-hydrogen) atoms. The molecule has 0 aliphatic heterocycles. The lowest BCUT2D eigenvalue weighted by Crippen LogP contribution is -2.17. The molecule has 6 heteroatoms. The summed E-state index contributed by atoms with van der Waals surface area (Å²) in [6.07, 6.45) is 0.937. The Hall–Kier alpha value is -1.52. The van der Waals surface area contributed by atoms with Crippen LogP contribution in [0, 0.1) is 6.92 Å². The van der Waals surface area contributed by atoms with E-state index < -0.39 is 0 Å². The van der Waals surface area contributed by atoms with Crippen LogP contribution in [0.5, 0.6) is 0 Å². The van der Waals surface area contributed by atoms with Crippen LogP contribution in [0.15, 0.2) is 48.5 Å². The predicted molar refractivity (Wildman–Crippen MR) is 109 cm³/mol. The van der Waals surface area contributed by atoms with Gasteiger partial charge in [0.15, 0.2) is 0 Å². The van der Waals surface area contributed by atoms with Crippen molar-refractivity contribution in [2.75, 3.05) is 6.54 Å². The highest BCUT2D eigenvalue weighted by Crippen LogP contribution is 2.21. The number of hydrogen-bond donors (Lipinski definition) is 1. The van der Waals surface area contributed by atoms with E-state index >= 15 is 0 Å². The second-order valence-electron chi connectivity index (χ2n) is 6.19. The summed E-state index contributed by atoms with van der Waals surface area (Å²) in [6, 6.07) is 15.6. The van der Waals surface area contributed by atoms with Gasteiger partial charge in [-0.2, -0.15) is 5.10 Å². The van der Waals surface area contributed by atoms with Crippen molar-refractivity contribution in [1.82, 2.24) is 15.1 Å². The molecule has 1 N–H and O–H groups in total. The highest BCUT2D eigenvalue weighted by molar-refractivity contribution is 6.31. The number of rotatable bonds is 7. The van der Waals surface area contributed by atoms with Crippen LogP contribution in [0.1, 0.15) is 22.4 Å². The van der Waals surface area contributed by atoms with E-state index in [9.17, 15) is 0 Å². The molecule has 0 bridgehead atoms. The Bertz CT molecular complexity index is 855. The van der Waals surface area contributed by atoms with E-state index in [1.54, 1.807) is 0 Å². The average Bonchev–Trinajstić information content (AvgIpc) is 2.89. The van der Waals surface area contributed by atoms with E-state index in [1.807, 2.05) is 60.1 Å². The van der Waals surface area contributed by atoms with Gasteiger partial charge in [-0.05, 0) is 55.3 Å². The van der Waals surface area contributed by atoms with Crippen LogP contribution >= 0.6 is 34.8 Å². The predicted octanol–water partition coefficient (Wildman–Crippen LogP) is 5.53. The molecule has 0 saturated carbocycles. The molecule has 0 unspecified atom stereocenters. The normalized spacial score (nSPS) is 11.1. The Morgan fingerprint density at radius 2 is 1.46 bits per heavy atom. The molecule has 1 aromatic heterocycles. The van der Waals surface area contributed by atoms with Crippen LogP contribution in [-0.2, 0) is 19.5 Å². The van der Waals surface area contributed by atoms with Gasteiger partial charge in [0.05, 0.1) is 12.2 Å². The van der Waals surface area contributed by atoms with Gasteiger partial charge in [0.1, 0.15) is 5.15 Å². The molecule has 136 valence electrons. The standard InChI is InChI=1S/C20H20Cl3N3/c1-14-19(12-24-11-10-15-2-6-17(21)7-3-15)20(23)26(25-14)13-16-4-8-18(22)9-5-16/h2-9,24H,10-13H2,1H3. The van der Waals surface area contributed by atoms with Crippen molar-refractivity contribution in [2.45, 2.75) is 26.4 Å². The topological polar surface area (TPSA) is 29.9 Å². The zero-order valence-corrected chi connectivity index (χ0v) is 16.7. The highest BCUT2D eigenvalue weighted by Gasteiger charge is 2.13. The minimum Gasteiger partial charge on any atom is -0.312 e. The van der Waals surface area contributed by atoms with Crippen molar-refractivity contribution < 1.29 is 0 Å². The van der Waals surface area contributed by atoms with Gasteiger partial charge in [-0.25, -0.2) is 4.68 Å². The summed E-state index contributed by atoms with van der Waals surface area (Å²) in [7, 11) is 0. The largest absolute Gasteiger partial charge is 0.312 e. The summed E-state index contributed by atoms with van der Waals surface area (Å²) < 4.78 is 1.83. The van der Waals surface area contributed by atoms with Crippen molar-refractivity contribution in [3.8, 4) is 0 Å². The Balaban J connectivity index is 1.57. The number of aryl methyl sites for hydroxylation is 1. The molecule has 0 aliphatic rings. The molecule has 3 rings (SSSR count). The Labute approximate surface area is 168 Å². The summed E-state index contributed by atoms with van der Waals surface area (Å²) in [6.45, 7) is 4.17. The fraction of sp³-hybridized carbons (Fsp3) is 0.250. The maximum absolute atomic E-state index is 6.54. The summed E-state index contributed by atoms with van der Waals surface area (Å²) in [4.78, 5) is 0. The summed E-state index contributed by atoms with van der Waals surface area (Å²) in [5.74, 6) is 0. The minimum atomic E-state index is 0.627. The fourth-order valence-corrected chi connectivity index (χ4v) is 3.31. The molecule has 0 radical (unpaired) electrons. The van der Waals surface area contributed by atoms with Gasteiger partial charge >= 0.3 is 0 Å². The third-order valence-corrected chi connectivity index (χ3v) is 5.16. The van der Waals surface area contributed by atoms with E-state index in [0.717, 1.165) is 39.8 Å². The first-order valence-corrected chi connectivity index (χ1v) is 9.57. The maximum Gasteiger partial charge on any atom is 0.132 e. The Morgan fingerprint density at radius 3 is 2.08 bits per heavy atom. The molecule has 0 spiro atoms. The molecule has 1 heterocycles. The maximum atomic E-state index is 6.54. The number of benzene rings is 2. The lowest BCUT2D eigenvalue weighted by molar-refractivity contribution is 0.675. The van der Waals surface area contributed by atoms with E-state index in [1.165, 1.54) is 5.56 Å². The van der Waals surface area contributed by atoms with Gasteiger partial charge < -0.3 is 5.32 Å². The third-order valence-electron chi connectivity index (χ3n) is 4.23. The van der Waals surface area contributed by atoms with Crippen molar-refractivity contribution in [3.05, 3.63) is 86.1 Å². The monoisotopic (exact) mass is 407 g/mol. The van der Waals surface area contributed by atoms with Crippen LogP contribution in [0.4, 0.5) is 0 Å². The van der Waals surface area contributed by atoms with Crippen LogP contribution in [0.2, 0.25) is 15.2 Å². The van der Waals surface area contributed by atoms with Crippen molar-refractivity contribution >= 4 is 34.8 Å². The van der Waals surface area contributed by atoms with Gasteiger partial charge in [-0.1, -0.05) is 59.1 Å². The van der Waals surface area contributed by atoms with E-state index in [4.69, 9.17) is 34.8 Å². The van der Waals surface area contributed by atoms with Gasteiger partial charge in [0, 0.05) is 22.2 Å². The first kappa shape index (κ1) is 19.2. The van der Waals surface area contributed by atoms with Crippen LogP contribution < -0.4 is 5.32 Å². The van der Waals surface area contributed by atoms with Crippen molar-refractivity contribution in [2.24, 2.45) is 0 Å². The molecule has 0 atom stereocenters. The summed E-state index contributed by atoms with van der Waals surface area (Å²) in [5.41, 5.74) is 4.35. The molecule has 3 aromatic rings. The zero-order chi connectivity index (χ0) is 18.5. The Morgan fingerprint density at radius 1 is 0.885 bits per heavy atom. The third kappa shape index (κ3) is 5.01. The van der Waals surface area contributed by atoms with Crippen LogP contribution in [-0.4, -0.2) is 16.3 Å². The molecule has 0 aliphatic carbocycles. The zero-order valence-electron chi connectivity index (χ0n) is 14.5. The van der Waals surface area contributed by atoms with Crippen LogP contribution in [0.25, 0.3) is 0 Å². The number of nitrogens with one attached hydrogen (secondary N) is 1. The van der Waals surface area contributed by atoms with E-state index in [-0.39, 0.29) is 0 Å². The highest BCUT2D eigenvalue weighted by atomic mass is 35.5. The second-order valence-corrected chi connectivity index (χ2v) is 7.42. The SMILES string of the molecule is Cc1nn(Cc2ccc(Cl)cc2)c(Cl)c1CNCCc1ccc(Cl)cc1. The van der Waals surface area contributed by atoms with Gasteiger partial charge in [-0.15, -0.1) is 0 Å². The van der Waals surface area contributed by atoms with Crippen molar-refractivity contribution in [3.63, 3.8) is 0 Å². The fourth-order valence-electron chi connectivity index (χ4n) is 2.76. The summed E-state index contributed by atoms with van der Waals surface area (Å²) >= 11 is 18.4. The van der Waals surface area contributed by atoms with Gasteiger partial charge in [0.25, 0.3) is 0 Å². The first-order chi connectivity index (χ1) is 12.5. The average molecular weight is 409 g/mol. The molecule has 0 amide bonds. The molecular weight excluding hydrogens is 389 g/mol. The first-order valence-electron chi connectivity index (χ1n) is 8.44. The van der Waals surface area contributed by atoms with Gasteiger partial charge in [-0.3, -0.25) is 0 Å². The van der Waals surface area contributed by atoms with Crippen LogP contribution in [0.3, 0.4) is 0 Å². The number of halogens is 3. The molecule has 0 saturated heterocycles. The molecule has 2 aromatic carbocycles. The van der Waals surface area contributed by atoms with E-state index in [0.29, 0.717) is 18.2 Å². The summed E-state index contributed by atoms with van der Waals surface area (Å²) in [5, 5.41) is 10.2. The van der Waals surface area contributed by atoms with E-state index in [2.05, 4.69) is 10.4 Å². The lowest BCUT2D eigenvalue weighted by Gasteiger charge is -2.06. The Kier molecular flexibility index (Phi) is 6.60. The molecular formula is C20H20Cl3N3.